The average molecular weight is 517 g/mol. The number of phosphoric ester groups is 1. The molecule has 1 aromatic carbocycles. The summed E-state index contributed by atoms with van der Waals surface area (Å²) in [6.45, 7) is -2.07. The Labute approximate surface area is 186 Å². The van der Waals surface area contributed by atoms with Crippen LogP contribution in [0.2, 0.25) is 5.02 Å². The molecule has 4 atom stereocenters. The van der Waals surface area contributed by atoms with Crippen LogP contribution < -0.4 is 15.8 Å². The van der Waals surface area contributed by atoms with E-state index in [1.54, 1.807) is 17.1 Å². The molecule has 1 fully saturated rings. The second-order valence-electron chi connectivity index (χ2n) is 7.10. The maximum absolute atomic E-state index is 14.9. The number of halogens is 5. The Hall–Kier alpha value is -2.22. The zero-order chi connectivity index (χ0) is 24.2. The van der Waals surface area contributed by atoms with Crippen LogP contribution in [-0.2, 0) is 25.0 Å². The van der Waals surface area contributed by atoms with E-state index in [9.17, 15) is 36.8 Å². The standard InChI is InChI=1S/C17H14ClF4N2O8P/c18-9-5-24(15(27)23-12(9)26)13-11(25)17(21,22)16(31-13,14(19)20)7-30-33(28)29-6-8-3-1-2-4-10(8)32-33/h1-5,11,13-14,25H,6-7H2,(H,23,26,27)/t11-,13+,16-,33?/m0/s1. The molecular weight excluding hydrogens is 503 g/mol. The van der Waals surface area contributed by atoms with Crippen LogP contribution in [-0.4, -0.2) is 45.3 Å². The number of aromatic nitrogens is 2. The normalized spacial score (nSPS) is 30.8. The van der Waals surface area contributed by atoms with E-state index in [1.807, 2.05) is 0 Å². The van der Waals surface area contributed by atoms with Gasteiger partial charge < -0.3 is 14.4 Å². The van der Waals surface area contributed by atoms with Crippen molar-refractivity contribution in [3.05, 3.63) is 61.9 Å². The number of hydrogen-bond acceptors (Lipinski definition) is 8. The van der Waals surface area contributed by atoms with Crippen LogP contribution in [0.4, 0.5) is 17.6 Å². The van der Waals surface area contributed by atoms with E-state index in [0.717, 1.165) is 0 Å². The lowest BCUT2D eigenvalue weighted by molar-refractivity contribution is -0.243. The van der Waals surface area contributed by atoms with Gasteiger partial charge in [-0.2, -0.15) is 8.78 Å². The number of fused-ring (bicyclic) bond motifs is 1. The minimum atomic E-state index is -4.74. The molecule has 0 radical (unpaired) electrons. The van der Waals surface area contributed by atoms with Crippen molar-refractivity contribution in [3.63, 3.8) is 0 Å². The van der Waals surface area contributed by atoms with E-state index in [-0.39, 0.29) is 16.9 Å². The Bertz CT molecular complexity index is 1240. The van der Waals surface area contributed by atoms with Gasteiger partial charge in [0.25, 0.3) is 12.0 Å². The number of phosphoric acid groups is 1. The molecule has 16 heteroatoms. The fourth-order valence-corrected chi connectivity index (χ4v) is 4.68. The molecule has 0 saturated carbocycles. The number of hydrogen-bond donors (Lipinski definition) is 2. The van der Waals surface area contributed by atoms with Crippen molar-refractivity contribution >= 4 is 19.4 Å². The third kappa shape index (κ3) is 3.90. The Kier molecular flexibility index (Phi) is 5.96. The van der Waals surface area contributed by atoms with E-state index in [1.165, 1.54) is 12.1 Å². The van der Waals surface area contributed by atoms with Gasteiger partial charge in [-0.3, -0.25) is 23.4 Å². The van der Waals surface area contributed by atoms with E-state index >= 15 is 0 Å². The molecule has 2 N–H and O–H groups in total. The molecule has 1 saturated heterocycles. The number of nitrogens with zero attached hydrogens (tertiary/aromatic N) is 1. The number of aliphatic hydroxyl groups is 1. The first-order chi connectivity index (χ1) is 15.4. The van der Waals surface area contributed by atoms with Crippen molar-refractivity contribution in [2.75, 3.05) is 6.61 Å². The number of H-pyrrole nitrogens is 1. The lowest BCUT2D eigenvalue weighted by Crippen LogP contribution is -2.57. The topological polar surface area (TPSA) is 129 Å². The molecule has 1 aromatic heterocycles. The van der Waals surface area contributed by atoms with E-state index in [4.69, 9.17) is 29.9 Å². The van der Waals surface area contributed by atoms with Crippen LogP contribution in [0.25, 0.3) is 0 Å². The quantitative estimate of drug-likeness (QED) is 0.458. The summed E-state index contributed by atoms with van der Waals surface area (Å²) in [7, 11) is -4.64. The van der Waals surface area contributed by atoms with Gasteiger partial charge in [-0.05, 0) is 6.07 Å². The number of aliphatic hydroxyl groups excluding tert-OH is 1. The second-order valence-corrected chi connectivity index (χ2v) is 9.10. The van der Waals surface area contributed by atoms with Crippen LogP contribution in [0.5, 0.6) is 5.75 Å². The number of alkyl halides is 4. The lowest BCUT2D eigenvalue weighted by atomic mass is 9.95. The fourth-order valence-electron chi connectivity index (χ4n) is 3.28. The summed E-state index contributed by atoms with van der Waals surface area (Å²) in [5.41, 5.74) is -5.87. The molecule has 2 aliphatic heterocycles. The summed E-state index contributed by atoms with van der Waals surface area (Å²) >= 11 is 5.57. The van der Waals surface area contributed by atoms with Crippen LogP contribution in [0.3, 0.4) is 0 Å². The predicted octanol–water partition coefficient (Wildman–Crippen LogP) is 2.45. The minimum absolute atomic E-state index is 0.0321. The van der Waals surface area contributed by atoms with Crippen molar-refractivity contribution in [2.24, 2.45) is 0 Å². The molecule has 2 aromatic rings. The maximum Gasteiger partial charge on any atom is 0.530 e. The Morgan fingerprint density at radius 2 is 2.03 bits per heavy atom. The van der Waals surface area contributed by atoms with Gasteiger partial charge in [-0.25, -0.2) is 18.1 Å². The van der Waals surface area contributed by atoms with E-state index in [0.29, 0.717) is 11.8 Å². The molecule has 180 valence electrons. The summed E-state index contributed by atoms with van der Waals surface area (Å²) in [5, 5.41) is 9.42. The molecule has 0 aliphatic carbocycles. The molecule has 0 amide bonds. The summed E-state index contributed by atoms with van der Waals surface area (Å²) in [5.74, 6) is -4.70. The van der Waals surface area contributed by atoms with Crippen LogP contribution >= 0.6 is 19.4 Å². The highest BCUT2D eigenvalue weighted by Gasteiger charge is 2.74. The smallest absolute Gasteiger partial charge is 0.404 e. The molecule has 33 heavy (non-hydrogen) atoms. The number of nitrogens with one attached hydrogen (secondary N) is 1. The summed E-state index contributed by atoms with van der Waals surface area (Å²) in [6.07, 6.45) is -8.88. The molecule has 10 nitrogen and oxygen atoms in total. The highest BCUT2D eigenvalue weighted by molar-refractivity contribution is 7.49. The van der Waals surface area contributed by atoms with Gasteiger partial charge in [-0.1, -0.05) is 29.8 Å². The molecule has 3 heterocycles. The highest BCUT2D eigenvalue weighted by Crippen LogP contribution is 2.58. The van der Waals surface area contributed by atoms with Crippen molar-refractivity contribution < 1.29 is 45.5 Å². The number of para-hydroxylation sites is 1. The van der Waals surface area contributed by atoms with Crippen LogP contribution in [0, 0.1) is 0 Å². The molecule has 0 bridgehead atoms. The van der Waals surface area contributed by atoms with Crippen LogP contribution in [0.15, 0.2) is 40.1 Å². The zero-order valence-electron chi connectivity index (χ0n) is 16.1. The zero-order valence-corrected chi connectivity index (χ0v) is 17.8. The van der Waals surface area contributed by atoms with Crippen molar-refractivity contribution in [1.82, 2.24) is 9.55 Å². The second kappa shape index (κ2) is 8.22. The van der Waals surface area contributed by atoms with Crippen molar-refractivity contribution in [3.8, 4) is 5.75 Å². The minimum Gasteiger partial charge on any atom is -0.404 e. The molecule has 4 rings (SSSR count). The van der Waals surface area contributed by atoms with E-state index < -0.39 is 61.0 Å². The molecule has 1 unspecified atom stereocenters. The van der Waals surface area contributed by atoms with Crippen molar-refractivity contribution in [2.45, 2.75) is 36.9 Å². The van der Waals surface area contributed by atoms with Gasteiger partial charge in [0.1, 0.15) is 17.4 Å². The summed E-state index contributed by atoms with van der Waals surface area (Å²) in [4.78, 5) is 25.1. The maximum atomic E-state index is 14.9. The largest absolute Gasteiger partial charge is 0.530 e. The van der Waals surface area contributed by atoms with Gasteiger partial charge >= 0.3 is 19.4 Å². The Morgan fingerprint density at radius 1 is 1.33 bits per heavy atom. The number of ether oxygens (including phenoxy) is 1. The first-order valence-electron chi connectivity index (χ1n) is 9.10. The van der Waals surface area contributed by atoms with Crippen LogP contribution in [0.1, 0.15) is 11.8 Å². The lowest BCUT2D eigenvalue weighted by Gasteiger charge is -2.34. The fraction of sp³-hybridized carbons (Fsp3) is 0.412. The van der Waals surface area contributed by atoms with Gasteiger partial charge in [0, 0.05) is 11.8 Å². The molecule has 2 aliphatic rings. The Morgan fingerprint density at radius 3 is 2.73 bits per heavy atom. The highest BCUT2D eigenvalue weighted by atomic mass is 35.5. The molecular formula is C17H14ClF4N2O8P. The number of aromatic amines is 1. The number of benzene rings is 1. The van der Waals surface area contributed by atoms with E-state index in [2.05, 4.69) is 0 Å². The molecule has 0 spiro atoms. The average Bonchev–Trinajstić information content (AvgIpc) is 2.96. The number of rotatable bonds is 5. The summed E-state index contributed by atoms with van der Waals surface area (Å²) in [6, 6.07) is 6.07. The third-order valence-corrected chi connectivity index (χ3v) is 6.67. The van der Waals surface area contributed by atoms with Crippen molar-refractivity contribution in [1.29, 1.82) is 0 Å². The Balaban J connectivity index is 1.65. The third-order valence-electron chi connectivity index (χ3n) is 5.09. The van der Waals surface area contributed by atoms with Gasteiger partial charge in [0.05, 0.1) is 6.61 Å². The first-order valence-corrected chi connectivity index (χ1v) is 10.9. The van der Waals surface area contributed by atoms with Gasteiger partial charge in [-0.15, -0.1) is 0 Å². The SMILES string of the molecule is O=c1[nH]c(=O)n([C@@H]2O[C@@](COP3(=O)OCc4ccccc4O3)(C(F)F)C(F)(F)[C@H]2O)cc1Cl. The van der Waals surface area contributed by atoms with Gasteiger partial charge in [0.2, 0.25) is 5.60 Å². The van der Waals surface area contributed by atoms with Gasteiger partial charge in [0.15, 0.2) is 12.3 Å². The summed E-state index contributed by atoms with van der Waals surface area (Å²) < 4.78 is 90.3. The monoisotopic (exact) mass is 516 g/mol. The predicted molar refractivity (Wildman–Crippen MR) is 102 cm³/mol. The first kappa shape index (κ1) is 23.9.